The molecule has 0 saturated carbocycles. The Morgan fingerprint density at radius 1 is 1.16 bits per heavy atom. The second-order valence-corrected chi connectivity index (χ2v) is 5.20. The Morgan fingerprint density at radius 2 is 1.79 bits per heavy atom. The number of hydrogen-bond acceptors (Lipinski definition) is 2. The maximum atomic E-state index is 13.9. The predicted molar refractivity (Wildman–Crippen MR) is 81.2 cm³/mol. The summed E-state index contributed by atoms with van der Waals surface area (Å²) in [6.45, 7) is 9.20. The summed E-state index contributed by atoms with van der Waals surface area (Å²) in [6.07, 6.45) is 2.19. The summed E-state index contributed by atoms with van der Waals surface area (Å²) in [6, 6.07) is 7.05. The Hall–Kier alpha value is -1.09. The van der Waals surface area contributed by atoms with Crippen LogP contribution in [0.25, 0.3) is 0 Å². The van der Waals surface area contributed by atoms with E-state index in [4.69, 9.17) is 0 Å². The molecular formula is C16H27FN2. The molecule has 1 N–H and O–H groups in total. The number of para-hydroxylation sites is 1. The summed E-state index contributed by atoms with van der Waals surface area (Å²) in [4.78, 5) is 2.15. The molecule has 1 aromatic carbocycles. The molecule has 0 radical (unpaired) electrons. The van der Waals surface area contributed by atoms with Gasteiger partial charge in [0.2, 0.25) is 0 Å². The number of anilines is 1. The molecule has 0 aliphatic carbocycles. The molecule has 0 bridgehead atoms. The minimum absolute atomic E-state index is 0.130. The first-order valence-electron chi connectivity index (χ1n) is 7.26. The Balaban J connectivity index is 2.94. The standard InChI is InChI=1S/C16H27FN2/c1-5-16(6-2,12-18-4)13-19(7-3)15-11-9-8-10-14(15)17/h8-11,18H,5-7,12-13H2,1-4H3. The van der Waals surface area contributed by atoms with Crippen molar-refractivity contribution in [3.63, 3.8) is 0 Å². The number of nitrogens with zero attached hydrogens (tertiary/aromatic N) is 1. The number of nitrogens with one attached hydrogen (secondary N) is 1. The topological polar surface area (TPSA) is 15.3 Å². The van der Waals surface area contributed by atoms with E-state index >= 15 is 0 Å². The Labute approximate surface area is 117 Å². The highest BCUT2D eigenvalue weighted by molar-refractivity contribution is 5.47. The van der Waals surface area contributed by atoms with Gasteiger partial charge < -0.3 is 10.2 Å². The second kappa shape index (κ2) is 7.49. The van der Waals surface area contributed by atoms with Gasteiger partial charge in [0, 0.05) is 19.6 Å². The van der Waals surface area contributed by atoms with Crippen molar-refractivity contribution in [2.75, 3.05) is 31.6 Å². The molecular weight excluding hydrogens is 239 g/mol. The molecule has 0 fully saturated rings. The molecule has 0 aliphatic rings. The van der Waals surface area contributed by atoms with Gasteiger partial charge in [-0.3, -0.25) is 0 Å². The van der Waals surface area contributed by atoms with Gasteiger partial charge in [-0.2, -0.15) is 0 Å². The van der Waals surface area contributed by atoms with Gasteiger partial charge in [-0.15, -0.1) is 0 Å². The van der Waals surface area contributed by atoms with Gasteiger partial charge in [0.15, 0.2) is 0 Å². The van der Waals surface area contributed by atoms with Crippen LogP contribution in [0, 0.1) is 11.2 Å². The molecule has 0 amide bonds. The van der Waals surface area contributed by atoms with Crippen LogP contribution < -0.4 is 10.2 Å². The molecule has 0 heterocycles. The van der Waals surface area contributed by atoms with E-state index in [2.05, 4.69) is 31.0 Å². The van der Waals surface area contributed by atoms with Crippen LogP contribution in [0.4, 0.5) is 10.1 Å². The van der Waals surface area contributed by atoms with Gasteiger partial charge in [0.1, 0.15) is 5.82 Å². The Morgan fingerprint density at radius 3 is 2.26 bits per heavy atom. The molecule has 0 aliphatic heterocycles. The monoisotopic (exact) mass is 266 g/mol. The van der Waals surface area contributed by atoms with Crippen molar-refractivity contribution < 1.29 is 4.39 Å². The quantitative estimate of drug-likeness (QED) is 0.772. The number of hydrogen-bond donors (Lipinski definition) is 1. The number of halogens is 1. The normalized spacial score (nSPS) is 11.6. The van der Waals surface area contributed by atoms with E-state index in [-0.39, 0.29) is 11.2 Å². The van der Waals surface area contributed by atoms with Crippen LogP contribution in [-0.4, -0.2) is 26.7 Å². The predicted octanol–water partition coefficient (Wildman–Crippen LogP) is 3.68. The molecule has 1 rings (SSSR count). The first-order chi connectivity index (χ1) is 9.12. The first kappa shape index (κ1) is 16.0. The van der Waals surface area contributed by atoms with Crippen molar-refractivity contribution in [3.8, 4) is 0 Å². The van der Waals surface area contributed by atoms with Crippen LogP contribution >= 0.6 is 0 Å². The van der Waals surface area contributed by atoms with Crippen LogP contribution in [0.15, 0.2) is 24.3 Å². The molecule has 0 saturated heterocycles. The van der Waals surface area contributed by atoms with Crippen molar-refractivity contribution in [1.29, 1.82) is 0 Å². The highest BCUT2D eigenvalue weighted by atomic mass is 19.1. The maximum Gasteiger partial charge on any atom is 0.146 e. The average Bonchev–Trinajstić information content (AvgIpc) is 2.44. The zero-order valence-electron chi connectivity index (χ0n) is 12.7. The molecule has 0 atom stereocenters. The van der Waals surface area contributed by atoms with Gasteiger partial charge in [-0.05, 0) is 44.4 Å². The fourth-order valence-corrected chi connectivity index (χ4v) is 2.63. The molecule has 0 spiro atoms. The molecule has 3 heteroatoms. The maximum absolute atomic E-state index is 13.9. The van der Waals surface area contributed by atoms with E-state index in [1.54, 1.807) is 6.07 Å². The van der Waals surface area contributed by atoms with Crippen LogP contribution in [-0.2, 0) is 0 Å². The van der Waals surface area contributed by atoms with E-state index < -0.39 is 0 Å². The van der Waals surface area contributed by atoms with E-state index in [1.807, 2.05) is 19.2 Å². The molecule has 2 nitrogen and oxygen atoms in total. The minimum atomic E-state index is -0.130. The van der Waals surface area contributed by atoms with Crippen molar-refractivity contribution in [2.45, 2.75) is 33.6 Å². The van der Waals surface area contributed by atoms with Crippen molar-refractivity contribution in [3.05, 3.63) is 30.1 Å². The molecule has 0 unspecified atom stereocenters. The molecule has 19 heavy (non-hydrogen) atoms. The number of benzene rings is 1. The summed E-state index contributed by atoms with van der Waals surface area (Å²) in [5.74, 6) is -0.130. The Kier molecular flexibility index (Phi) is 6.29. The fourth-order valence-electron chi connectivity index (χ4n) is 2.63. The van der Waals surface area contributed by atoms with Gasteiger partial charge in [-0.25, -0.2) is 4.39 Å². The molecule has 108 valence electrons. The van der Waals surface area contributed by atoms with E-state index in [9.17, 15) is 4.39 Å². The highest BCUT2D eigenvalue weighted by Gasteiger charge is 2.28. The lowest BCUT2D eigenvalue weighted by atomic mass is 9.81. The Bertz CT molecular complexity index is 375. The third-order valence-corrected chi connectivity index (χ3v) is 4.15. The second-order valence-electron chi connectivity index (χ2n) is 5.20. The van der Waals surface area contributed by atoms with Gasteiger partial charge in [-0.1, -0.05) is 26.0 Å². The van der Waals surface area contributed by atoms with Crippen LogP contribution in [0.3, 0.4) is 0 Å². The van der Waals surface area contributed by atoms with Crippen molar-refractivity contribution in [1.82, 2.24) is 5.32 Å². The minimum Gasteiger partial charge on any atom is -0.369 e. The summed E-state index contributed by atoms with van der Waals surface area (Å²) < 4.78 is 13.9. The van der Waals surface area contributed by atoms with Gasteiger partial charge in [0.05, 0.1) is 5.69 Å². The fraction of sp³-hybridized carbons (Fsp3) is 0.625. The van der Waals surface area contributed by atoms with E-state index in [1.165, 1.54) is 6.07 Å². The smallest absolute Gasteiger partial charge is 0.146 e. The zero-order chi connectivity index (χ0) is 14.3. The third kappa shape index (κ3) is 3.93. The molecule has 1 aromatic rings. The van der Waals surface area contributed by atoms with Gasteiger partial charge in [0.25, 0.3) is 0 Å². The lowest BCUT2D eigenvalue weighted by Crippen LogP contribution is -2.43. The first-order valence-corrected chi connectivity index (χ1v) is 7.26. The van der Waals surface area contributed by atoms with Crippen LogP contribution in [0.1, 0.15) is 33.6 Å². The summed E-state index contributed by atoms with van der Waals surface area (Å²) in [7, 11) is 1.99. The third-order valence-electron chi connectivity index (χ3n) is 4.15. The van der Waals surface area contributed by atoms with Crippen LogP contribution in [0.2, 0.25) is 0 Å². The molecule has 0 aromatic heterocycles. The van der Waals surface area contributed by atoms with E-state index in [0.717, 1.165) is 32.5 Å². The summed E-state index contributed by atoms with van der Waals surface area (Å²) in [5.41, 5.74) is 0.917. The summed E-state index contributed by atoms with van der Waals surface area (Å²) >= 11 is 0. The number of rotatable bonds is 8. The average molecular weight is 266 g/mol. The lowest BCUT2D eigenvalue weighted by molar-refractivity contribution is 0.259. The SMILES string of the molecule is CCN(CC(CC)(CC)CNC)c1ccccc1F. The largest absolute Gasteiger partial charge is 0.369 e. The summed E-state index contributed by atoms with van der Waals surface area (Å²) in [5, 5.41) is 3.29. The van der Waals surface area contributed by atoms with Gasteiger partial charge >= 0.3 is 0 Å². The van der Waals surface area contributed by atoms with Crippen LogP contribution in [0.5, 0.6) is 0 Å². The van der Waals surface area contributed by atoms with Crippen molar-refractivity contribution >= 4 is 5.69 Å². The van der Waals surface area contributed by atoms with E-state index in [0.29, 0.717) is 5.69 Å². The lowest BCUT2D eigenvalue weighted by Gasteiger charge is -2.38. The highest BCUT2D eigenvalue weighted by Crippen LogP contribution is 2.30. The van der Waals surface area contributed by atoms with Crippen molar-refractivity contribution in [2.24, 2.45) is 5.41 Å². The zero-order valence-corrected chi connectivity index (χ0v) is 12.7.